The van der Waals surface area contributed by atoms with Gasteiger partial charge in [0.25, 0.3) is 5.56 Å². The number of aromatic hydroxyl groups is 1. The van der Waals surface area contributed by atoms with Crippen molar-refractivity contribution < 1.29 is 5.11 Å². The molecule has 0 aliphatic carbocycles. The van der Waals surface area contributed by atoms with Gasteiger partial charge in [-0.3, -0.25) is 4.79 Å². The first-order valence-electron chi connectivity index (χ1n) is 5.48. The van der Waals surface area contributed by atoms with Crippen LogP contribution in [0, 0.1) is 0 Å². The lowest BCUT2D eigenvalue weighted by Gasteiger charge is -2.06. The molecule has 0 radical (unpaired) electrons. The van der Waals surface area contributed by atoms with Gasteiger partial charge in [0.1, 0.15) is 5.75 Å². The van der Waals surface area contributed by atoms with Crippen molar-refractivity contribution in [1.82, 2.24) is 9.78 Å². The largest absolute Gasteiger partial charge is 0.508 e. The first-order chi connectivity index (χ1) is 8.11. The minimum absolute atomic E-state index is 0.150. The molecule has 88 valence electrons. The van der Waals surface area contributed by atoms with Crippen LogP contribution in [-0.4, -0.2) is 14.9 Å². The highest BCUT2D eigenvalue weighted by atomic mass is 16.3. The number of aromatic nitrogens is 2. The van der Waals surface area contributed by atoms with Gasteiger partial charge in [-0.15, -0.1) is 0 Å². The van der Waals surface area contributed by atoms with Crippen molar-refractivity contribution in [2.75, 3.05) is 0 Å². The Hall–Kier alpha value is -2.10. The monoisotopic (exact) mass is 230 g/mol. The molecule has 0 fully saturated rings. The number of hydrogen-bond acceptors (Lipinski definition) is 3. The lowest BCUT2D eigenvalue weighted by molar-refractivity contribution is 0.469. The molecule has 4 nitrogen and oxygen atoms in total. The van der Waals surface area contributed by atoms with Crippen molar-refractivity contribution in [2.24, 2.45) is 7.05 Å². The number of phenolic OH excluding ortho intramolecular Hbond substituents is 1. The lowest BCUT2D eigenvalue weighted by atomic mass is 10.1. The zero-order valence-corrected chi connectivity index (χ0v) is 9.84. The Morgan fingerprint density at radius 2 is 2.06 bits per heavy atom. The fourth-order valence-corrected chi connectivity index (χ4v) is 1.68. The maximum absolute atomic E-state index is 11.2. The van der Waals surface area contributed by atoms with Crippen LogP contribution in [0.1, 0.15) is 12.5 Å². The third-order valence-corrected chi connectivity index (χ3v) is 2.72. The third-order valence-electron chi connectivity index (χ3n) is 2.72. The molecular formula is C13H14N2O2. The highest BCUT2D eigenvalue weighted by Crippen LogP contribution is 2.24. The molecule has 0 aliphatic rings. The van der Waals surface area contributed by atoms with Gasteiger partial charge < -0.3 is 5.11 Å². The predicted octanol–water partition coefficient (Wildman–Crippen LogP) is 1.72. The van der Waals surface area contributed by atoms with Crippen LogP contribution in [0.15, 0.2) is 35.1 Å². The molecule has 0 saturated heterocycles. The quantitative estimate of drug-likeness (QED) is 0.854. The molecule has 1 aromatic carbocycles. The van der Waals surface area contributed by atoms with E-state index in [1.165, 1.54) is 10.7 Å². The van der Waals surface area contributed by atoms with Crippen molar-refractivity contribution in [3.8, 4) is 17.0 Å². The first-order valence-corrected chi connectivity index (χ1v) is 5.48. The van der Waals surface area contributed by atoms with Crippen LogP contribution >= 0.6 is 0 Å². The Kier molecular flexibility index (Phi) is 2.95. The van der Waals surface area contributed by atoms with Gasteiger partial charge in [-0.25, -0.2) is 4.68 Å². The standard InChI is InChI=1S/C13H14N2O2/c1-3-9-4-5-10(8-12(9)16)11-6-7-13(17)15(2)14-11/h4-8,16H,3H2,1-2H3. The second kappa shape index (κ2) is 4.41. The van der Waals surface area contributed by atoms with E-state index in [4.69, 9.17) is 0 Å². The minimum atomic E-state index is -0.150. The Morgan fingerprint density at radius 3 is 2.65 bits per heavy atom. The number of nitrogens with zero attached hydrogens (tertiary/aromatic N) is 2. The number of aryl methyl sites for hydroxylation is 2. The van der Waals surface area contributed by atoms with E-state index in [1.54, 1.807) is 19.2 Å². The Morgan fingerprint density at radius 1 is 1.29 bits per heavy atom. The maximum Gasteiger partial charge on any atom is 0.266 e. The topological polar surface area (TPSA) is 55.1 Å². The van der Waals surface area contributed by atoms with Gasteiger partial charge in [-0.05, 0) is 24.1 Å². The molecule has 1 aromatic heterocycles. The van der Waals surface area contributed by atoms with E-state index in [1.807, 2.05) is 19.1 Å². The summed E-state index contributed by atoms with van der Waals surface area (Å²) in [6.07, 6.45) is 0.785. The molecular weight excluding hydrogens is 216 g/mol. The van der Waals surface area contributed by atoms with Crippen LogP contribution in [0.5, 0.6) is 5.75 Å². The number of benzene rings is 1. The summed E-state index contributed by atoms with van der Waals surface area (Å²) in [5.74, 6) is 0.264. The van der Waals surface area contributed by atoms with Crippen molar-refractivity contribution in [3.05, 3.63) is 46.2 Å². The summed E-state index contributed by atoms with van der Waals surface area (Å²) in [6.45, 7) is 1.99. The molecule has 0 bridgehead atoms. The van der Waals surface area contributed by atoms with Gasteiger partial charge in [0.05, 0.1) is 5.69 Å². The van der Waals surface area contributed by atoms with E-state index in [-0.39, 0.29) is 11.3 Å². The van der Waals surface area contributed by atoms with Crippen molar-refractivity contribution in [1.29, 1.82) is 0 Å². The summed E-state index contributed by atoms with van der Waals surface area (Å²) >= 11 is 0. The normalized spacial score (nSPS) is 10.5. The molecule has 17 heavy (non-hydrogen) atoms. The van der Waals surface area contributed by atoms with Crippen molar-refractivity contribution >= 4 is 0 Å². The highest BCUT2D eigenvalue weighted by Gasteiger charge is 2.05. The van der Waals surface area contributed by atoms with Gasteiger partial charge in [-0.1, -0.05) is 19.1 Å². The molecule has 0 spiro atoms. The van der Waals surface area contributed by atoms with Crippen LogP contribution < -0.4 is 5.56 Å². The molecule has 0 atom stereocenters. The number of rotatable bonds is 2. The molecule has 0 aliphatic heterocycles. The number of phenols is 1. The average Bonchev–Trinajstić information content (AvgIpc) is 2.32. The molecule has 0 amide bonds. The smallest absolute Gasteiger partial charge is 0.266 e. The zero-order valence-electron chi connectivity index (χ0n) is 9.84. The molecule has 4 heteroatoms. The molecule has 0 unspecified atom stereocenters. The SMILES string of the molecule is CCc1ccc(-c2ccc(=O)n(C)n2)cc1O. The van der Waals surface area contributed by atoms with Crippen LogP contribution in [0.4, 0.5) is 0 Å². The third kappa shape index (κ3) is 2.20. The predicted molar refractivity (Wildman–Crippen MR) is 66.0 cm³/mol. The second-order valence-electron chi connectivity index (χ2n) is 3.88. The van der Waals surface area contributed by atoms with Crippen LogP contribution in [0.25, 0.3) is 11.3 Å². The summed E-state index contributed by atoms with van der Waals surface area (Å²) in [4.78, 5) is 11.2. The summed E-state index contributed by atoms with van der Waals surface area (Å²) in [5.41, 5.74) is 2.22. The van der Waals surface area contributed by atoms with E-state index in [0.29, 0.717) is 5.69 Å². The van der Waals surface area contributed by atoms with Crippen LogP contribution in [-0.2, 0) is 13.5 Å². The maximum atomic E-state index is 11.2. The summed E-state index contributed by atoms with van der Waals surface area (Å²) in [6, 6.07) is 8.56. The fraction of sp³-hybridized carbons (Fsp3) is 0.231. The van der Waals surface area contributed by atoms with E-state index in [0.717, 1.165) is 17.5 Å². The summed E-state index contributed by atoms with van der Waals surface area (Å²) in [7, 11) is 1.60. The molecule has 1 heterocycles. The van der Waals surface area contributed by atoms with E-state index in [9.17, 15) is 9.90 Å². The summed E-state index contributed by atoms with van der Waals surface area (Å²) < 4.78 is 1.28. The van der Waals surface area contributed by atoms with Gasteiger partial charge in [0.15, 0.2) is 0 Å². The lowest BCUT2D eigenvalue weighted by Crippen LogP contribution is -2.18. The van der Waals surface area contributed by atoms with Crippen molar-refractivity contribution in [2.45, 2.75) is 13.3 Å². The fourth-order valence-electron chi connectivity index (χ4n) is 1.68. The number of hydrogen-bond donors (Lipinski definition) is 1. The average molecular weight is 230 g/mol. The first kappa shape index (κ1) is 11.4. The Balaban J connectivity index is 2.49. The molecule has 2 aromatic rings. The zero-order chi connectivity index (χ0) is 12.4. The highest BCUT2D eigenvalue weighted by molar-refractivity contribution is 5.61. The van der Waals surface area contributed by atoms with Gasteiger partial charge in [-0.2, -0.15) is 5.10 Å². The summed E-state index contributed by atoms with van der Waals surface area (Å²) in [5, 5.41) is 13.9. The van der Waals surface area contributed by atoms with Crippen LogP contribution in [0.3, 0.4) is 0 Å². The second-order valence-corrected chi connectivity index (χ2v) is 3.88. The minimum Gasteiger partial charge on any atom is -0.508 e. The van der Waals surface area contributed by atoms with E-state index in [2.05, 4.69) is 5.10 Å². The van der Waals surface area contributed by atoms with Crippen molar-refractivity contribution in [3.63, 3.8) is 0 Å². The molecule has 1 N–H and O–H groups in total. The van der Waals surface area contributed by atoms with Gasteiger partial charge in [0.2, 0.25) is 0 Å². The van der Waals surface area contributed by atoms with E-state index >= 15 is 0 Å². The van der Waals surface area contributed by atoms with Crippen LogP contribution in [0.2, 0.25) is 0 Å². The van der Waals surface area contributed by atoms with E-state index < -0.39 is 0 Å². The Labute approximate surface area is 99.2 Å². The molecule has 2 rings (SSSR count). The van der Waals surface area contributed by atoms with Gasteiger partial charge in [0, 0.05) is 18.7 Å². The van der Waals surface area contributed by atoms with Gasteiger partial charge >= 0.3 is 0 Å². The molecule has 0 saturated carbocycles. The Bertz CT molecular complexity index is 603.